The average molecular weight is 159 g/mol. The van der Waals surface area contributed by atoms with Crippen LogP contribution in [-0.2, 0) is 13.8 Å². The van der Waals surface area contributed by atoms with Crippen molar-refractivity contribution in [3.8, 4) is 0 Å². The third kappa shape index (κ3) is 2.49. The summed E-state index contributed by atoms with van der Waals surface area (Å²) in [6, 6.07) is 0. The highest BCUT2D eigenvalue weighted by Crippen LogP contribution is 2.05. The van der Waals surface area contributed by atoms with Crippen molar-refractivity contribution in [3.05, 3.63) is 0 Å². The van der Waals surface area contributed by atoms with Gasteiger partial charge in [-0.1, -0.05) is 0 Å². The molecule has 0 rings (SSSR count). The summed E-state index contributed by atoms with van der Waals surface area (Å²) in [6.45, 7) is 1.36. The van der Waals surface area contributed by atoms with E-state index in [9.17, 15) is 8.42 Å². The van der Waals surface area contributed by atoms with Gasteiger partial charge in [-0.3, -0.25) is 0 Å². The summed E-state index contributed by atoms with van der Waals surface area (Å²) in [4.78, 5) is 0. The van der Waals surface area contributed by atoms with Crippen molar-refractivity contribution in [1.82, 2.24) is 0 Å². The Hall–Kier alpha value is 0.200. The Morgan fingerprint density at radius 3 is 2.00 bits per heavy atom. The molecule has 0 aliphatic carbocycles. The Balaban J connectivity index is 4.04. The van der Waals surface area contributed by atoms with Gasteiger partial charge in [0, 0.05) is 17.8 Å². The van der Waals surface area contributed by atoms with E-state index in [-0.39, 0.29) is 0 Å². The second-order valence-electron chi connectivity index (χ2n) is 1.28. The average Bonchev–Trinajstić information content (AvgIpc) is 1.62. The Bertz CT molecular complexity index is 150. The summed E-state index contributed by atoms with van der Waals surface area (Å²) in [5, 5.41) is 0. The monoisotopic (exact) mass is 158 g/mol. The van der Waals surface area contributed by atoms with E-state index in [1.54, 1.807) is 0 Å². The molecule has 0 aromatic heterocycles. The lowest BCUT2D eigenvalue weighted by atomic mass is 10.9. The number of hydrogen-bond donors (Lipinski definition) is 0. The molecule has 0 aliphatic rings. The molecular weight excluding hydrogens is 152 g/mol. The molecule has 1 atom stereocenters. The molecule has 5 heteroatoms. The van der Waals surface area contributed by atoms with Gasteiger partial charge in [-0.05, 0) is 6.92 Å². The van der Waals surface area contributed by atoms with Crippen LogP contribution >= 0.6 is 10.7 Å². The van der Waals surface area contributed by atoms with Crippen LogP contribution in [0.5, 0.6) is 0 Å². The zero-order valence-corrected chi connectivity index (χ0v) is 6.16. The summed E-state index contributed by atoms with van der Waals surface area (Å²) in [6.07, 6.45) is 0. The molecule has 0 aliphatic heterocycles. The van der Waals surface area contributed by atoms with Crippen molar-refractivity contribution in [2.75, 3.05) is 7.11 Å². The molecule has 0 heterocycles. The first kappa shape index (κ1) is 8.20. The fraction of sp³-hybridized carbons (Fsp3) is 1.00. The third-order valence-corrected chi connectivity index (χ3v) is 2.47. The van der Waals surface area contributed by atoms with Gasteiger partial charge in [-0.2, -0.15) is 0 Å². The second kappa shape index (κ2) is 2.66. The van der Waals surface area contributed by atoms with Crippen molar-refractivity contribution in [2.45, 2.75) is 12.4 Å². The molecule has 0 aromatic carbocycles. The van der Waals surface area contributed by atoms with Crippen molar-refractivity contribution in [3.63, 3.8) is 0 Å². The van der Waals surface area contributed by atoms with Crippen LogP contribution < -0.4 is 0 Å². The molecule has 0 radical (unpaired) electrons. The van der Waals surface area contributed by atoms with Gasteiger partial charge in [0.05, 0.1) is 0 Å². The van der Waals surface area contributed by atoms with Crippen LogP contribution in [0.1, 0.15) is 6.92 Å². The van der Waals surface area contributed by atoms with E-state index >= 15 is 0 Å². The van der Waals surface area contributed by atoms with Gasteiger partial charge in [0.1, 0.15) is 0 Å². The lowest BCUT2D eigenvalue weighted by Crippen LogP contribution is -2.12. The van der Waals surface area contributed by atoms with Crippen LogP contribution in [0, 0.1) is 0 Å². The third-order valence-electron chi connectivity index (χ3n) is 0.728. The molecular formula is C3H7ClO3S. The summed E-state index contributed by atoms with van der Waals surface area (Å²) in [5.74, 6) is 0. The van der Waals surface area contributed by atoms with Gasteiger partial charge in [0.25, 0.3) is 9.05 Å². The van der Waals surface area contributed by atoms with Crippen molar-refractivity contribution < 1.29 is 13.2 Å². The highest BCUT2D eigenvalue weighted by atomic mass is 35.7. The number of methoxy groups -OCH3 is 1. The maximum absolute atomic E-state index is 10.2. The van der Waals surface area contributed by atoms with E-state index in [0.717, 1.165) is 0 Å². The largest absolute Gasteiger partial charge is 0.364 e. The van der Waals surface area contributed by atoms with Gasteiger partial charge >= 0.3 is 0 Å². The maximum atomic E-state index is 10.2. The van der Waals surface area contributed by atoms with Crippen molar-refractivity contribution in [2.24, 2.45) is 0 Å². The molecule has 0 aromatic rings. The van der Waals surface area contributed by atoms with Crippen LogP contribution in [0.4, 0.5) is 0 Å². The fourth-order valence-corrected chi connectivity index (χ4v) is 0.563. The Morgan fingerprint density at radius 1 is 1.62 bits per heavy atom. The summed E-state index contributed by atoms with van der Waals surface area (Å²) >= 11 is 0. The molecule has 3 nitrogen and oxygen atoms in total. The summed E-state index contributed by atoms with van der Waals surface area (Å²) < 4.78 is 24.8. The van der Waals surface area contributed by atoms with Crippen LogP contribution in [0.15, 0.2) is 0 Å². The minimum Gasteiger partial charge on any atom is -0.364 e. The van der Waals surface area contributed by atoms with Crippen LogP contribution in [0.25, 0.3) is 0 Å². The zero-order chi connectivity index (χ0) is 6.78. The predicted octanol–water partition coefficient (Wildman–Crippen LogP) is 0.547. The quantitative estimate of drug-likeness (QED) is 0.552. The van der Waals surface area contributed by atoms with Gasteiger partial charge in [0.2, 0.25) is 0 Å². The van der Waals surface area contributed by atoms with Crippen LogP contribution in [0.3, 0.4) is 0 Å². The van der Waals surface area contributed by atoms with E-state index in [2.05, 4.69) is 4.74 Å². The number of ether oxygens (including phenoxy) is 1. The van der Waals surface area contributed by atoms with E-state index < -0.39 is 14.5 Å². The molecule has 0 saturated carbocycles. The van der Waals surface area contributed by atoms with Gasteiger partial charge < -0.3 is 4.74 Å². The number of hydrogen-bond acceptors (Lipinski definition) is 3. The number of halogens is 1. The molecule has 0 N–H and O–H groups in total. The fourth-order valence-electron chi connectivity index (χ4n) is 0.115. The smallest absolute Gasteiger partial charge is 0.259 e. The maximum Gasteiger partial charge on any atom is 0.259 e. The zero-order valence-electron chi connectivity index (χ0n) is 4.59. The minimum atomic E-state index is -3.50. The van der Waals surface area contributed by atoms with E-state index in [0.29, 0.717) is 0 Å². The predicted molar refractivity (Wildman–Crippen MR) is 31.2 cm³/mol. The molecule has 0 amide bonds. The lowest BCUT2D eigenvalue weighted by molar-refractivity contribution is 0.180. The first-order chi connectivity index (χ1) is 3.48. The highest BCUT2D eigenvalue weighted by Gasteiger charge is 2.14. The Kier molecular flexibility index (Phi) is 2.73. The summed E-state index contributed by atoms with van der Waals surface area (Å²) in [7, 11) is 2.61. The first-order valence-corrected chi connectivity index (χ1v) is 4.32. The lowest BCUT2D eigenvalue weighted by Gasteiger charge is -2.01. The van der Waals surface area contributed by atoms with Gasteiger partial charge in [0.15, 0.2) is 5.44 Å². The van der Waals surface area contributed by atoms with E-state index in [1.807, 2.05) is 0 Å². The Labute approximate surface area is 53.0 Å². The number of rotatable bonds is 2. The topological polar surface area (TPSA) is 43.4 Å². The van der Waals surface area contributed by atoms with Gasteiger partial charge in [-0.25, -0.2) is 8.42 Å². The van der Waals surface area contributed by atoms with Crippen LogP contribution in [0.2, 0.25) is 0 Å². The molecule has 8 heavy (non-hydrogen) atoms. The van der Waals surface area contributed by atoms with Gasteiger partial charge in [-0.15, -0.1) is 0 Å². The molecule has 0 fully saturated rings. The SMILES string of the molecule is COC(C)S(=O)(=O)Cl. The Morgan fingerprint density at radius 2 is 2.00 bits per heavy atom. The highest BCUT2D eigenvalue weighted by molar-refractivity contribution is 8.14. The first-order valence-electron chi connectivity index (χ1n) is 1.94. The summed E-state index contributed by atoms with van der Waals surface area (Å²) in [5.41, 5.74) is -0.913. The molecule has 1 unspecified atom stereocenters. The molecule has 0 bridgehead atoms. The standard InChI is InChI=1S/C3H7ClO3S/c1-3(7-2)8(4,5)6/h3H,1-2H3. The minimum absolute atomic E-state index is 0.913. The van der Waals surface area contributed by atoms with Crippen LogP contribution in [-0.4, -0.2) is 21.0 Å². The van der Waals surface area contributed by atoms with E-state index in [4.69, 9.17) is 10.7 Å². The van der Waals surface area contributed by atoms with E-state index in [1.165, 1.54) is 14.0 Å². The normalized spacial score (nSPS) is 15.9. The van der Waals surface area contributed by atoms with Crippen molar-refractivity contribution in [1.29, 1.82) is 0 Å². The molecule has 0 saturated heterocycles. The second-order valence-corrected chi connectivity index (χ2v) is 4.18. The molecule has 50 valence electrons. The van der Waals surface area contributed by atoms with Crippen molar-refractivity contribution >= 4 is 19.7 Å². The molecule has 0 spiro atoms.